The highest BCUT2D eigenvalue weighted by molar-refractivity contribution is 6.13. The van der Waals surface area contributed by atoms with E-state index in [1.807, 2.05) is 19.9 Å². The van der Waals surface area contributed by atoms with Crippen LogP contribution in [0.25, 0.3) is 0 Å². The minimum atomic E-state index is -0.579. The van der Waals surface area contributed by atoms with Crippen LogP contribution in [-0.4, -0.2) is 17.3 Å². The smallest absolute Gasteiger partial charge is 0.173 e. The van der Waals surface area contributed by atoms with Gasteiger partial charge in [-0.05, 0) is 37.3 Å². The van der Waals surface area contributed by atoms with E-state index >= 15 is 0 Å². The topological polar surface area (TPSA) is 51.2 Å². The van der Waals surface area contributed by atoms with Crippen molar-refractivity contribution in [2.45, 2.75) is 39.5 Å². The van der Waals surface area contributed by atoms with E-state index in [1.165, 1.54) is 13.8 Å². The quantitative estimate of drug-likeness (QED) is 0.605. The molecule has 19 heavy (non-hydrogen) atoms. The number of ketones is 3. The van der Waals surface area contributed by atoms with Crippen LogP contribution < -0.4 is 0 Å². The zero-order chi connectivity index (χ0) is 14.4. The molecular formula is C16H18O3. The molecule has 0 aliphatic heterocycles. The summed E-state index contributed by atoms with van der Waals surface area (Å²) in [5.41, 5.74) is 1.76. The number of Topliss-reactive ketones (excluding diaryl/α,β-unsaturated/α-hetero) is 3. The Kier molecular flexibility index (Phi) is 3.17. The molecule has 3 nitrogen and oxygen atoms in total. The highest BCUT2D eigenvalue weighted by Crippen LogP contribution is 2.40. The van der Waals surface area contributed by atoms with Crippen LogP contribution in [-0.2, 0) is 10.2 Å². The van der Waals surface area contributed by atoms with Gasteiger partial charge < -0.3 is 0 Å². The van der Waals surface area contributed by atoms with Crippen molar-refractivity contribution in [2.24, 2.45) is 5.92 Å². The molecule has 0 saturated carbocycles. The number of hydrogen-bond acceptors (Lipinski definition) is 3. The van der Waals surface area contributed by atoms with Crippen molar-refractivity contribution in [2.75, 3.05) is 0 Å². The Labute approximate surface area is 113 Å². The van der Waals surface area contributed by atoms with Crippen LogP contribution in [0.3, 0.4) is 0 Å². The standard InChI is InChI=1S/C16H18O3/c1-9(17)11-5-6-14-12(7-11)15(19)13(10(2)18)8-16(14,3)4/h5-7,13H,8H2,1-4H3. The number of hydrogen-bond donors (Lipinski definition) is 0. The molecule has 0 radical (unpaired) electrons. The molecule has 0 heterocycles. The van der Waals surface area contributed by atoms with E-state index in [-0.39, 0.29) is 22.8 Å². The molecule has 1 aliphatic carbocycles. The predicted molar refractivity (Wildman–Crippen MR) is 72.6 cm³/mol. The molecule has 0 saturated heterocycles. The highest BCUT2D eigenvalue weighted by atomic mass is 16.2. The molecule has 1 aliphatic rings. The van der Waals surface area contributed by atoms with Crippen LogP contribution in [0, 0.1) is 5.92 Å². The van der Waals surface area contributed by atoms with Gasteiger partial charge >= 0.3 is 0 Å². The molecule has 3 heteroatoms. The summed E-state index contributed by atoms with van der Waals surface area (Å²) >= 11 is 0. The van der Waals surface area contributed by atoms with Gasteiger partial charge in [0, 0.05) is 11.1 Å². The number of rotatable bonds is 2. The normalized spacial score (nSPS) is 20.8. The van der Waals surface area contributed by atoms with Crippen molar-refractivity contribution < 1.29 is 14.4 Å². The second kappa shape index (κ2) is 4.41. The van der Waals surface area contributed by atoms with Crippen molar-refractivity contribution in [1.82, 2.24) is 0 Å². The maximum Gasteiger partial charge on any atom is 0.173 e. The van der Waals surface area contributed by atoms with Crippen LogP contribution in [0.1, 0.15) is 60.4 Å². The van der Waals surface area contributed by atoms with Gasteiger partial charge in [0.2, 0.25) is 0 Å². The van der Waals surface area contributed by atoms with E-state index in [0.717, 1.165) is 5.56 Å². The Morgan fingerprint density at radius 1 is 1.21 bits per heavy atom. The summed E-state index contributed by atoms with van der Waals surface area (Å²) in [6, 6.07) is 5.24. The van der Waals surface area contributed by atoms with Crippen LogP contribution in [0.4, 0.5) is 0 Å². The second-order valence-corrected chi connectivity index (χ2v) is 5.93. The fourth-order valence-corrected chi connectivity index (χ4v) is 2.79. The van der Waals surface area contributed by atoms with Gasteiger partial charge in [0.25, 0.3) is 0 Å². The Bertz CT molecular complexity index is 582. The summed E-state index contributed by atoms with van der Waals surface area (Å²) in [6.45, 7) is 6.99. The third kappa shape index (κ3) is 2.25. The monoisotopic (exact) mass is 258 g/mol. The van der Waals surface area contributed by atoms with Crippen LogP contribution in [0.5, 0.6) is 0 Å². The summed E-state index contributed by atoms with van der Waals surface area (Å²) < 4.78 is 0. The summed E-state index contributed by atoms with van der Waals surface area (Å²) in [5, 5.41) is 0. The summed E-state index contributed by atoms with van der Waals surface area (Å²) in [6.07, 6.45) is 0.535. The Balaban J connectivity index is 2.63. The van der Waals surface area contributed by atoms with E-state index in [2.05, 4.69) is 0 Å². The first kappa shape index (κ1) is 13.7. The largest absolute Gasteiger partial charge is 0.299 e. The van der Waals surface area contributed by atoms with E-state index < -0.39 is 5.92 Å². The number of benzene rings is 1. The maximum absolute atomic E-state index is 12.4. The number of fused-ring (bicyclic) bond motifs is 1. The van der Waals surface area contributed by atoms with Gasteiger partial charge in [0.15, 0.2) is 11.6 Å². The average molecular weight is 258 g/mol. The minimum absolute atomic E-state index is 0.0710. The molecule has 0 amide bonds. The van der Waals surface area contributed by atoms with Crippen molar-refractivity contribution in [3.8, 4) is 0 Å². The third-order valence-electron chi connectivity index (χ3n) is 3.94. The van der Waals surface area contributed by atoms with Crippen molar-refractivity contribution >= 4 is 17.3 Å². The zero-order valence-corrected chi connectivity index (χ0v) is 11.7. The predicted octanol–water partition coefficient (Wildman–Crippen LogP) is 2.96. The molecule has 0 N–H and O–H groups in total. The maximum atomic E-state index is 12.4. The molecule has 1 aromatic carbocycles. The SMILES string of the molecule is CC(=O)c1ccc2c(c1)C(=O)C(C(C)=O)CC2(C)C. The average Bonchev–Trinajstić information content (AvgIpc) is 2.33. The van der Waals surface area contributed by atoms with Crippen LogP contribution in [0.15, 0.2) is 18.2 Å². The van der Waals surface area contributed by atoms with Crippen LogP contribution in [0.2, 0.25) is 0 Å². The van der Waals surface area contributed by atoms with Crippen molar-refractivity contribution in [1.29, 1.82) is 0 Å². The van der Waals surface area contributed by atoms with Gasteiger partial charge in [-0.1, -0.05) is 26.0 Å². The summed E-state index contributed by atoms with van der Waals surface area (Å²) in [7, 11) is 0. The molecule has 0 aromatic heterocycles. The van der Waals surface area contributed by atoms with Crippen LogP contribution >= 0.6 is 0 Å². The van der Waals surface area contributed by atoms with E-state index in [4.69, 9.17) is 0 Å². The van der Waals surface area contributed by atoms with Crippen molar-refractivity contribution in [3.63, 3.8) is 0 Å². The fourth-order valence-electron chi connectivity index (χ4n) is 2.79. The van der Waals surface area contributed by atoms with Gasteiger partial charge in [0.05, 0.1) is 5.92 Å². The number of carbonyl (C=O) groups is 3. The van der Waals surface area contributed by atoms with Gasteiger partial charge in [-0.15, -0.1) is 0 Å². The number of carbonyl (C=O) groups excluding carboxylic acids is 3. The molecule has 0 bridgehead atoms. The molecule has 0 fully saturated rings. The fraction of sp³-hybridized carbons (Fsp3) is 0.438. The Morgan fingerprint density at radius 2 is 1.84 bits per heavy atom. The lowest BCUT2D eigenvalue weighted by Gasteiger charge is -2.35. The molecule has 1 atom stereocenters. The van der Waals surface area contributed by atoms with E-state index in [0.29, 0.717) is 17.5 Å². The third-order valence-corrected chi connectivity index (χ3v) is 3.94. The molecule has 100 valence electrons. The first-order valence-corrected chi connectivity index (χ1v) is 6.44. The van der Waals surface area contributed by atoms with Gasteiger partial charge in [-0.2, -0.15) is 0 Å². The lowest BCUT2D eigenvalue weighted by atomic mass is 9.66. The molecule has 1 aromatic rings. The lowest BCUT2D eigenvalue weighted by molar-refractivity contribution is -0.120. The summed E-state index contributed by atoms with van der Waals surface area (Å²) in [5.74, 6) is -0.898. The van der Waals surface area contributed by atoms with E-state index in [9.17, 15) is 14.4 Å². The van der Waals surface area contributed by atoms with Gasteiger partial charge in [0.1, 0.15) is 5.78 Å². The van der Waals surface area contributed by atoms with Gasteiger partial charge in [-0.25, -0.2) is 0 Å². The van der Waals surface area contributed by atoms with Crippen molar-refractivity contribution in [3.05, 3.63) is 34.9 Å². The zero-order valence-electron chi connectivity index (χ0n) is 11.7. The van der Waals surface area contributed by atoms with E-state index in [1.54, 1.807) is 12.1 Å². The second-order valence-electron chi connectivity index (χ2n) is 5.93. The minimum Gasteiger partial charge on any atom is -0.299 e. The molecule has 2 rings (SSSR count). The molecular weight excluding hydrogens is 240 g/mol. The first-order chi connectivity index (χ1) is 8.74. The lowest BCUT2D eigenvalue weighted by Crippen LogP contribution is -2.37. The Hall–Kier alpha value is -1.77. The molecule has 0 spiro atoms. The Morgan fingerprint density at radius 3 is 2.37 bits per heavy atom. The summed E-state index contributed by atoms with van der Waals surface area (Å²) in [4.78, 5) is 35.5. The molecule has 1 unspecified atom stereocenters. The highest BCUT2D eigenvalue weighted by Gasteiger charge is 2.40. The van der Waals surface area contributed by atoms with Gasteiger partial charge in [-0.3, -0.25) is 14.4 Å². The first-order valence-electron chi connectivity index (χ1n) is 6.44.